The maximum Gasteiger partial charge on any atom is 0.223 e. The lowest BCUT2D eigenvalue weighted by Crippen LogP contribution is -2.37. The molecule has 1 amide bonds. The largest absolute Gasteiger partial charge is 0.343 e. The summed E-state index contributed by atoms with van der Waals surface area (Å²) in [4.78, 5) is 15.3. The molecule has 1 saturated heterocycles. The Kier molecular flexibility index (Phi) is 5.20. The van der Waals surface area contributed by atoms with Crippen LogP contribution in [0.15, 0.2) is 17.5 Å². The van der Waals surface area contributed by atoms with Gasteiger partial charge in [-0.15, -0.1) is 11.3 Å². The molecule has 1 aromatic heterocycles. The van der Waals surface area contributed by atoms with Crippen molar-refractivity contribution in [3.63, 3.8) is 0 Å². The van der Waals surface area contributed by atoms with E-state index in [1.54, 1.807) is 11.3 Å². The number of hydrogen-bond acceptors (Lipinski definition) is 3. The van der Waals surface area contributed by atoms with Crippen LogP contribution < -0.4 is 5.32 Å². The van der Waals surface area contributed by atoms with Crippen LogP contribution in [0.25, 0.3) is 0 Å². The van der Waals surface area contributed by atoms with E-state index in [0.717, 1.165) is 19.6 Å². The highest BCUT2D eigenvalue weighted by Gasteiger charge is 2.16. The Labute approximate surface area is 113 Å². The van der Waals surface area contributed by atoms with E-state index in [4.69, 9.17) is 0 Å². The Morgan fingerprint density at radius 2 is 2.22 bits per heavy atom. The quantitative estimate of drug-likeness (QED) is 0.889. The van der Waals surface area contributed by atoms with Crippen LogP contribution in [0.4, 0.5) is 0 Å². The van der Waals surface area contributed by atoms with E-state index in [-0.39, 0.29) is 0 Å². The minimum atomic E-state index is 0.306. The smallest absolute Gasteiger partial charge is 0.223 e. The minimum absolute atomic E-state index is 0.306. The van der Waals surface area contributed by atoms with Gasteiger partial charge in [0.05, 0.1) is 0 Å². The highest BCUT2D eigenvalue weighted by Crippen LogP contribution is 2.18. The highest BCUT2D eigenvalue weighted by molar-refractivity contribution is 7.10. The maximum absolute atomic E-state index is 12.0. The lowest BCUT2D eigenvalue weighted by atomic mass is 10.1. The maximum atomic E-state index is 12.0. The van der Waals surface area contributed by atoms with Gasteiger partial charge in [0.2, 0.25) is 5.91 Å². The number of amides is 1. The van der Waals surface area contributed by atoms with Crippen molar-refractivity contribution in [3.8, 4) is 0 Å². The number of likely N-dealkylation sites (tertiary alicyclic amines) is 1. The SMILES string of the molecule is CC(NCCC(=O)N1CCCCC1)c1cccs1. The van der Waals surface area contributed by atoms with E-state index >= 15 is 0 Å². The van der Waals surface area contributed by atoms with Crippen molar-refractivity contribution >= 4 is 17.2 Å². The monoisotopic (exact) mass is 266 g/mol. The summed E-state index contributed by atoms with van der Waals surface area (Å²) in [6, 6.07) is 4.55. The van der Waals surface area contributed by atoms with E-state index in [2.05, 4.69) is 29.8 Å². The van der Waals surface area contributed by atoms with Gasteiger partial charge < -0.3 is 10.2 Å². The van der Waals surface area contributed by atoms with Gasteiger partial charge in [-0.1, -0.05) is 6.07 Å². The Morgan fingerprint density at radius 3 is 2.89 bits per heavy atom. The van der Waals surface area contributed by atoms with Gasteiger partial charge in [-0.2, -0.15) is 0 Å². The third-order valence-corrected chi connectivity index (χ3v) is 4.52. The fraction of sp³-hybridized carbons (Fsp3) is 0.643. The normalized spacial score (nSPS) is 17.7. The molecule has 0 saturated carbocycles. The standard InChI is InChI=1S/C14H22N2OS/c1-12(13-6-5-11-18-13)15-8-7-14(17)16-9-3-2-4-10-16/h5-6,11-12,15H,2-4,7-10H2,1H3. The van der Waals surface area contributed by atoms with E-state index in [1.165, 1.54) is 24.1 Å². The molecule has 1 fully saturated rings. The van der Waals surface area contributed by atoms with E-state index in [0.29, 0.717) is 18.4 Å². The summed E-state index contributed by atoms with van der Waals surface area (Å²) in [6.07, 6.45) is 4.24. The van der Waals surface area contributed by atoms with Crippen molar-refractivity contribution in [1.82, 2.24) is 10.2 Å². The van der Waals surface area contributed by atoms with E-state index in [9.17, 15) is 4.79 Å². The van der Waals surface area contributed by atoms with Crippen molar-refractivity contribution in [2.24, 2.45) is 0 Å². The molecular formula is C14H22N2OS. The Hall–Kier alpha value is -0.870. The first-order valence-corrected chi connectivity index (χ1v) is 7.70. The fourth-order valence-corrected chi connectivity index (χ4v) is 3.09. The Balaban J connectivity index is 1.67. The summed E-state index contributed by atoms with van der Waals surface area (Å²) in [5.74, 6) is 0.306. The number of carbonyl (C=O) groups excluding carboxylic acids is 1. The van der Waals surface area contributed by atoms with Gasteiger partial charge in [0.1, 0.15) is 0 Å². The molecule has 2 rings (SSSR count). The summed E-state index contributed by atoms with van der Waals surface area (Å²) in [5, 5.41) is 5.51. The molecule has 18 heavy (non-hydrogen) atoms. The summed E-state index contributed by atoms with van der Waals surface area (Å²) < 4.78 is 0. The molecule has 1 aliphatic rings. The van der Waals surface area contributed by atoms with Gasteiger partial charge in [-0.3, -0.25) is 4.79 Å². The van der Waals surface area contributed by atoms with Crippen LogP contribution in [0.3, 0.4) is 0 Å². The van der Waals surface area contributed by atoms with Crippen LogP contribution in [0.5, 0.6) is 0 Å². The van der Waals surface area contributed by atoms with Crippen LogP contribution in [0.1, 0.15) is 43.5 Å². The van der Waals surface area contributed by atoms with E-state index in [1.807, 2.05) is 4.90 Å². The molecule has 0 aliphatic carbocycles. The van der Waals surface area contributed by atoms with Gasteiger partial charge in [-0.05, 0) is 37.6 Å². The van der Waals surface area contributed by atoms with E-state index < -0.39 is 0 Å². The lowest BCUT2D eigenvalue weighted by molar-refractivity contribution is -0.131. The number of nitrogens with one attached hydrogen (secondary N) is 1. The second-order valence-corrected chi connectivity index (χ2v) is 5.86. The molecule has 1 unspecified atom stereocenters. The third kappa shape index (κ3) is 3.82. The highest BCUT2D eigenvalue weighted by atomic mass is 32.1. The van der Waals surface area contributed by atoms with Crippen molar-refractivity contribution in [3.05, 3.63) is 22.4 Å². The zero-order chi connectivity index (χ0) is 12.8. The lowest BCUT2D eigenvalue weighted by Gasteiger charge is -2.27. The first-order valence-electron chi connectivity index (χ1n) is 6.82. The van der Waals surface area contributed by atoms with Crippen molar-refractivity contribution < 1.29 is 4.79 Å². The van der Waals surface area contributed by atoms with Crippen molar-refractivity contribution in [2.75, 3.05) is 19.6 Å². The average Bonchev–Trinajstić information content (AvgIpc) is 2.93. The Morgan fingerprint density at radius 1 is 1.44 bits per heavy atom. The topological polar surface area (TPSA) is 32.3 Å². The van der Waals surface area contributed by atoms with Gasteiger partial charge in [0, 0.05) is 37.0 Å². The number of piperidine rings is 1. The molecule has 1 N–H and O–H groups in total. The summed E-state index contributed by atoms with van der Waals surface area (Å²) in [6.45, 7) is 4.84. The molecule has 100 valence electrons. The van der Waals surface area contributed by atoms with Gasteiger partial charge in [0.15, 0.2) is 0 Å². The molecule has 0 radical (unpaired) electrons. The second-order valence-electron chi connectivity index (χ2n) is 4.88. The zero-order valence-corrected chi connectivity index (χ0v) is 11.8. The van der Waals surface area contributed by atoms with Crippen LogP contribution in [0, 0.1) is 0 Å². The van der Waals surface area contributed by atoms with Crippen molar-refractivity contribution in [2.45, 2.75) is 38.6 Å². The summed E-state index contributed by atoms with van der Waals surface area (Å²) >= 11 is 1.76. The second kappa shape index (κ2) is 6.90. The fourth-order valence-electron chi connectivity index (χ4n) is 2.34. The molecule has 1 aromatic rings. The average molecular weight is 266 g/mol. The van der Waals surface area contributed by atoms with Crippen molar-refractivity contribution in [1.29, 1.82) is 0 Å². The number of nitrogens with zero attached hydrogens (tertiary/aromatic N) is 1. The molecule has 3 nitrogen and oxygen atoms in total. The molecule has 1 aliphatic heterocycles. The number of hydrogen-bond donors (Lipinski definition) is 1. The first-order chi connectivity index (χ1) is 8.77. The third-order valence-electron chi connectivity index (χ3n) is 3.47. The zero-order valence-electron chi connectivity index (χ0n) is 11.0. The summed E-state index contributed by atoms with van der Waals surface area (Å²) in [7, 11) is 0. The minimum Gasteiger partial charge on any atom is -0.343 e. The summed E-state index contributed by atoms with van der Waals surface area (Å²) in [5.41, 5.74) is 0. The van der Waals surface area contributed by atoms with Crippen LogP contribution in [-0.2, 0) is 4.79 Å². The molecule has 1 atom stereocenters. The van der Waals surface area contributed by atoms with Gasteiger partial charge >= 0.3 is 0 Å². The predicted molar refractivity (Wildman–Crippen MR) is 75.8 cm³/mol. The van der Waals surface area contributed by atoms with Gasteiger partial charge in [0.25, 0.3) is 0 Å². The van der Waals surface area contributed by atoms with Crippen LogP contribution in [0.2, 0.25) is 0 Å². The first kappa shape index (κ1) is 13.6. The van der Waals surface area contributed by atoms with Crippen LogP contribution >= 0.6 is 11.3 Å². The van der Waals surface area contributed by atoms with Gasteiger partial charge in [-0.25, -0.2) is 0 Å². The number of rotatable bonds is 5. The molecule has 2 heterocycles. The number of thiophene rings is 1. The molecular weight excluding hydrogens is 244 g/mol. The molecule has 4 heteroatoms. The number of carbonyl (C=O) groups is 1. The predicted octanol–water partition coefficient (Wildman–Crippen LogP) is 2.80. The molecule has 0 spiro atoms. The molecule has 0 aromatic carbocycles. The Bertz CT molecular complexity index is 358. The molecule has 0 bridgehead atoms. The van der Waals surface area contributed by atoms with Crippen LogP contribution in [-0.4, -0.2) is 30.4 Å².